The van der Waals surface area contributed by atoms with Gasteiger partial charge < -0.3 is 14.2 Å². The second kappa shape index (κ2) is 13.2. The van der Waals surface area contributed by atoms with E-state index in [0.29, 0.717) is 47.6 Å². The minimum Gasteiger partial charge on any atom is -0.490 e. The van der Waals surface area contributed by atoms with Gasteiger partial charge in [-0.15, -0.1) is 0 Å². The second-order valence-electron chi connectivity index (χ2n) is 5.20. The molecular formula is C17H16Cl6F2O3. The lowest BCUT2D eigenvalue weighted by molar-refractivity contribution is 0.136. The summed E-state index contributed by atoms with van der Waals surface area (Å²) < 4.78 is 41.4. The molecule has 3 nitrogen and oxygen atoms in total. The molecule has 0 spiro atoms. The van der Waals surface area contributed by atoms with E-state index >= 15 is 0 Å². The molecule has 11 heteroatoms. The molecular weight excluding hydrogens is 503 g/mol. The summed E-state index contributed by atoms with van der Waals surface area (Å²) in [5.74, 6) is 0.775. The highest BCUT2D eigenvalue weighted by Crippen LogP contribution is 2.37. The van der Waals surface area contributed by atoms with Crippen molar-refractivity contribution < 1.29 is 23.0 Å². The SMILES string of the molecule is FC(F)(Cl)/C(Cl)=C/COCCCCOc1c(Cl)cc(OCC=C(Cl)Cl)cc1Cl. The minimum absolute atomic E-state index is 0.0642. The summed E-state index contributed by atoms with van der Waals surface area (Å²) in [5.41, 5.74) is 0. The molecule has 0 fully saturated rings. The van der Waals surface area contributed by atoms with E-state index in [0.717, 1.165) is 6.08 Å². The van der Waals surface area contributed by atoms with Crippen LogP contribution in [0.15, 0.2) is 33.8 Å². The molecule has 0 aliphatic heterocycles. The number of hydrogen-bond donors (Lipinski definition) is 0. The normalized spacial score (nSPS) is 12.1. The van der Waals surface area contributed by atoms with Crippen molar-refractivity contribution in [2.45, 2.75) is 18.2 Å². The Kier molecular flexibility index (Phi) is 12.2. The van der Waals surface area contributed by atoms with Crippen molar-refractivity contribution in [1.82, 2.24) is 0 Å². The summed E-state index contributed by atoms with van der Waals surface area (Å²) in [5, 5.41) is -3.76. The molecule has 0 radical (unpaired) electrons. The maximum absolute atomic E-state index is 12.6. The molecule has 28 heavy (non-hydrogen) atoms. The molecule has 0 N–H and O–H groups in total. The molecule has 0 unspecified atom stereocenters. The number of halogens is 8. The number of hydrogen-bond acceptors (Lipinski definition) is 3. The van der Waals surface area contributed by atoms with Crippen molar-refractivity contribution in [1.29, 1.82) is 0 Å². The van der Waals surface area contributed by atoms with Crippen LogP contribution in [0, 0.1) is 0 Å². The molecule has 0 saturated heterocycles. The molecule has 0 aliphatic rings. The van der Waals surface area contributed by atoms with Crippen LogP contribution in [0.4, 0.5) is 8.78 Å². The number of benzene rings is 1. The summed E-state index contributed by atoms with van der Waals surface area (Å²) in [4.78, 5) is 0. The van der Waals surface area contributed by atoms with E-state index in [1.54, 1.807) is 12.1 Å². The van der Waals surface area contributed by atoms with Gasteiger partial charge in [0.1, 0.15) is 21.9 Å². The highest BCUT2D eigenvalue weighted by molar-refractivity contribution is 6.55. The molecule has 0 heterocycles. The van der Waals surface area contributed by atoms with E-state index in [2.05, 4.69) is 0 Å². The summed E-state index contributed by atoms with van der Waals surface area (Å²) in [7, 11) is 0. The zero-order valence-electron chi connectivity index (χ0n) is 14.3. The average Bonchev–Trinajstić information content (AvgIpc) is 2.57. The third-order valence-corrected chi connectivity index (χ3v) is 4.60. The third-order valence-electron chi connectivity index (χ3n) is 3.04. The Balaban J connectivity index is 2.33. The Morgan fingerprint density at radius 2 is 1.54 bits per heavy atom. The molecule has 0 bridgehead atoms. The van der Waals surface area contributed by atoms with Crippen LogP contribution >= 0.6 is 69.6 Å². The van der Waals surface area contributed by atoms with Gasteiger partial charge >= 0.3 is 5.38 Å². The van der Waals surface area contributed by atoms with Crippen molar-refractivity contribution in [3.8, 4) is 11.5 Å². The van der Waals surface area contributed by atoms with Crippen LogP contribution in [-0.4, -0.2) is 31.8 Å². The minimum atomic E-state index is -3.58. The molecule has 1 rings (SSSR count). The van der Waals surface area contributed by atoms with E-state index in [9.17, 15) is 8.78 Å². The Bertz CT molecular complexity index is 665. The quantitative estimate of drug-likeness (QED) is 0.208. The van der Waals surface area contributed by atoms with Gasteiger partial charge in [-0.25, -0.2) is 0 Å². The van der Waals surface area contributed by atoms with Gasteiger partial charge in [0.25, 0.3) is 0 Å². The summed E-state index contributed by atoms with van der Waals surface area (Å²) in [6, 6.07) is 3.12. The standard InChI is InChI=1S/C17H16Cl6F2O3/c18-12-9-11(27-8-4-15(21)22)10-13(19)16(12)28-6-2-1-5-26-7-3-14(20)17(23,24)25/h3-4,9-10H,1-2,5-8H2/b14-3-. The Hall–Kier alpha value is -0.140. The number of rotatable bonds is 12. The van der Waals surface area contributed by atoms with Gasteiger partial charge in [0.2, 0.25) is 0 Å². The van der Waals surface area contributed by atoms with Crippen LogP contribution in [0.25, 0.3) is 0 Å². The number of allylic oxidation sites excluding steroid dienone is 1. The van der Waals surface area contributed by atoms with Crippen molar-refractivity contribution in [2.24, 2.45) is 0 Å². The molecule has 0 saturated carbocycles. The van der Waals surface area contributed by atoms with Gasteiger partial charge in [0, 0.05) is 18.7 Å². The number of alkyl halides is 3. The highest BCUT2D eigenvalue weighted by Gasteiger charge is 2.29. The Morgan fingerprint density at radius 3 is 2.11 bits per heavy atom. The molecule has 0 aliphatic carbocycles. The molecule has 0 aromatic heterocycles. The van der Waals surface area contributed by atoms with Crippen LogP contribution in [-0.2, 0) is 4.74 Å². The van der Waals surface area contributed by atoms with Gasteiger partial charge in [-0.1, -0.05) is 58.0 Å². The molecule has 0 atom stereocenters. The first-order valence-corrected chi connectivity index (χ1v) is 10.1. The lowest BCUT2D eigenvalue weighted by atomic mass is 10.3. The fourth-order valence-corrected chi connectivity index (χ4v) is 2.61. The predicted octanol–water partition coefficient (Wildman–Crippen LogP) is 7.82. The van der Waals surface area contributed by atoms with Gasteiger partial charge in [-0.3, -0.25) is 0 Å². The van der Waals surface area contributed by atoms with E-state index in [4.69, 9.17) is 83.8 Å². The highest BCUT2D eigenvalue weighted by atomic mass is 35.5. The first-order chi connectivity index (χ1) is 13.1. The largest absolute Gasteiger partial charge is 0.490 e. The smallest absolute Gasteiger partial charge is 0.358 e. The van der Waals surface area contributed by atoms with Crippen LogP contribution in [0.5, 0.6) is 11.5 Å². The van der Waals surface area contributed by atoms with E-state index < -0.39 is 10.4 Å². The average molecular weight is 519 g/mol. The zero-order valence-corrected chi connectivity index (χ0v) is 18.8. The number of ether oxygens (including phenoxy) is 3. The van der Waals surface area contributed by atoms with Gasteiger partial charge in [0.15, 0.2) is 5.75 Å². The monoisotopic (exact) mass is 516 g/mol. The van der Waals surface area contributed by atoms with Crippen molar-refractivity contribution in [3.05, 3.63) is 43.9 Å². The van der Waals surface area contributed by atoms with Crippen molar-refractivity contribution in [2.75, 3.05) is 26.4 Å². The number of unbranched alkanes of at least 4 members (excludes halogenated alkanes) is 1. The Morgan fingerprint density at radius 1 is 0.929 bits per heavy atom. The van der Waals surface area contributed by atoms with Gasteiger partial charge in [-0.2, -0.15) is 8.78 Å². The van der Waals surface area contributed by atoms with Gasteiger partial charge in [0.05, 0.1) is 23.3 Å². The van der Waals surface area contributed by atoms with Crippen LogP contribution < -0.4 is 9.47 Å². The van der Waals surface area contributed by atoms with E-state index in [-0.39, 0.29) is 17.7 Å². The Labute approximate surface area is 192 Å². The lowest BCUT2D eigenvalue weighted by Crippen LogP contribution is -2.07. The maximum Gasteiger partial charge on any atom is 0.358 e. The van der Waals surface area contributed by atoms with Crippen molar-refractivity contribution in [3.63, 3.8) is 0 Å². The molecule has 158 valence electrons. The maximum atomic E-state index is 12.6. The van der Waals surface area contributed by atoms with E-state index in [1.807, 2.05) is 0 Å². The van der Waals surface area contributed by atoms with Crippen LogP contribution in [0.3, 0.4) is 0 Å². The van der Waals surface area contributed by atoms with E-state index in [1.165, 1.54) is 6.08 Å². The second-order valence-corrected chi connectivity index (χ2v) is 7.91. The molecule has 1 aromatic rings. The molecule has 0 amide bonds. The molecule has 1 aromatic carbocycles. The first-order valence-electron chi connectivity index (χ1n) is 7.87. The third kappa shape index (κ3) is 10.6. The lowest BCUT2D eigenvalue weighted by Gasteiger charge is -2.12. The van der Waals surface area contributed by atoms with Crippen LogP contribution in [0.1, 0.15) is 12.8 Å². The predicted molar refractivity (Wildman–Crippen MR) is 112 cm³/mol. The first kappa shape index (κ1) is 25.9. The fourth-order valence-electron chi connectivity index (χ4n) is 1.77. The summed E-state index contributed by atoms with van der Waals surface area (Å²) in [6.45, 7) is 0.774. The van der Waals surface area contributed by atoms with Gasteiger partial charge in [-0.05, 0) is 36.6 Å². The summed E-state index contributed by atoms with van der Waals surface area (Å²) >= 11 is 33.3. The topological polar surface area (TPSA) is 27.7 Å². The summed E-state index contributed by atoms with van der Waals surface area (Å²) in [6.07, 6.45) is 3.76. The zero-order chi connectivity index (χ0) is 21.2. The van der Waals surface area contributed by atoms with Crippen molar-refractivity contribution >= 4 is 69.6 Å². The fraction of sp³-hybridized carbons (Fsp3) is 0.412. The van der Waals surface area contributed by atoms with Crippen LogP contribution in [0.2, 0.25) is 10.0 Å².